The Morgan fingerprint density at radius 3 is 2.71 bits per heavy atom. The van der Waals surface area contributed by atoms with E-state index in [1.165, 1.54) is 11.3 Å². The van der Waals surface area contributed by atoms with Gasteiger partial charge in [-0.15, -0.1) is 11.3 Å². The molecule has 0 radical (unpaired) electrons. The summed E-state index contributed by atoms with van der Waals surface area (Å²) >= 11 is 1.48. The normalized spacial score (nSPS) is 12.2. The van der Waals surface area contributed by atoms with Gasteiger partial charge in [-0.25, -0.2) is 0 Å². The minimum atomic E-state index is -0.663. The Kier molecular flexibility index (Phi) is 3.99. The van der Waals surface area contributed by atoms with Crippen LogP contribution in [-0.2, 0) is 0 Å². The molecule has 1 atom stereocenters. The van der Waals surface area contributed by atoms with Gasteiger partial charge in [0.25, 0.3) is 5.91 Å². The number of fused-ring (bicyclic) bond motifs is 1. The van der Waals surface area contributed by atoms with E-state index < -0.39 is 6.10 Å². The van der Waals surface area contributed by atoms with Crippen LogP contribution in [0.3, 0.4) is 0 Å². The van der Waals surface area contributed by atoms with Crippen LogP contribution in [0.25, 0.3) is 10.8 Å². The number of carbonyl (C=O) groups is 1. The summed E-state index contributed by atoms with van der Waals surface area (Å²) in [5.74, 6) is -0.164. The van der Waals surface area contributed by atoms with Gasteiger partial charge in [0.1, 0.15) is 6.10 Å². The zero-order chi connectivity index (χ0) is 14.7. The number of hydrogen-bond donors (Lipinski definition) is 2. The third-order valence-electron chi connectivity index (χ3n) is 3.36. The minimum absolute atomic E-state index is 0.164. The predicted molar refractivity (Wildman–Crippen MR) is 85.6 cm³/mol. The summed E-state index contributed by atoms with van der Waals surface area (Å²) in [7, 11) is 0. The molecule has 0 unspecified atom stereocenters. The van der Waals surface area contributed by atoms with Crippen molar-refractivity contribution in [1.82, 2.24) is 5.32 Å². The van der Waals surface area contributed by atoms with Crippen LogP contribution in [0.5, 0.6) is 0 Å². The summed E-state index contributed by atoms with van der Waals surface area (Å²) in [4.78, 5) is 13.2. The Morgan fingerprint density at radius 2 is 1.90 bits per heavy atom. The minimum Gasteiger partial charge on any atom is -0.386 e. The van der Waals surface area contributed by atoms with Crippen molar-refractivity contribution in [2.45, 2.75) is 6.10 Å². The van der Waals surface area contributed by atoms with Crippen LogP contribution in [0.1, 0.15) is 21.3 Å². The molecule has 2 aromatic carbocycles. The molecular weight excluding hydrogens is 282 g/mol. The number of carbonyl (C=O) groups excluding carboxylic acids is 1. The molecule has 1 heterocycles. The molecule has 1 amide bonds. The average molecular weight is 297 g/mol. The Morgan fingerprint density at radius 1 is 1.10 bits per heavy atom. The van der Waals surface area contributed by atoms with Gasteiger partial charge < -0.3 is 10.4 Å². The number of hydrogen-bond acceptors (Lipinski definition) is 3. The summed E-state index contributed by atoms with van der Waals surface area (Å²) < 4.78 is 0. The number of amides is 1. The summed E-state index contributed by atoms with van der Waals surface area (Å²) in [5.41, 5.74) is 0.631. The van der Waals surface area contributed by atoms with E-state index in [4.69, 9.17) is 0 Å². The molecule has 106 valence electrons. The fourth-order valence-electron chi connectivity index (χ4n) is 2.29. The summed E-state index contributed by atoms with van der Waals surface area (Å²) in [6.07, 6.45) is -0.663. The maximum atomic E-state index is 12.3. The highest BCUT2D eigenvalue weighted by atomic mass is 32.1. The SMILES string of the molecule is O=C(NC[C@H](O)c1cccs1)c1cccc2ccccc12. The van der Waals surface area contributed by atoms with Crippen LogP contribution in [-0.4, -0.2) is 17.6 Å². The lowest BCUT2D eigenvalue weighted by Crippen LogP contribution is -2.28. The Labute approximate surface area is 126 Å². The van der Waals surface area contributed by atoms with Crippen molar-refractivity contribution < 1.29 is 9.90 Å². The first-order chi connectivity index (χ1) is 10.3. The lowest BCUT2D eigenvalue weighted by molar-refractivity contribution is 0.0919. The van der Waals surface area contributed by atoms with E-state index in [2.05, 4.69) is 5.32 Å². The van der Waals surface area contributed by atoms with E-state index in [0.29, 0.717) is 5.56 Å². The van der Waals surface area contributed by atoms with Gasteiger partial charge in [-0.05, 0) is 28.3 Å². The third kappa shape index (κ3) is 2.96. The monoisotopic (exact) mass is 297 g/mol. The second-order valence-electron chi connectivity index (χ2n) is 4.77. The van der Waals surface area contributed by atoms with Gasteiger partial charge in [0, 0.05) is 17.0 Å². The maximum absolute atomic E-state index is 12.3. The van der Waals surface area contributed by atoms with E-state index in [-0.39, 0.29) is 12.5 Å². The molecule has 0 bridgehead atoms. The quantitative estimate of drug-likeness (QED) is 0.775. The van der Waals surface area contributed by atoms with E-state index in [9.17, 15) is 9.90 Å². The van der Waals surface area contributed by atoms with Crippen molar-refractivity contribution in [2.24, 2.45) is 0 Å². The van der Waals surface area contributed by atoms with Crippen LogP contribution in [0, 0.1) is 0 Å². The zero-order valence-corrected chi connectivity index (χ0v) is 12.1. The van der Waals surface area contributed by atoms with E-state index in [1.54, 1.807) is 6.07 Å². The van der Waals surface area contributed by atoms with E-state index >= 15 is 0 Å². The molecule has 0 fully saturated rings. The van der Waals surface area contributed by atoms with Crippen molar-refractivity contribution in [2.75, 3.05) is 6.54 Å². The molecule has 0 spiro atoms. The molecular formula is C17H15NO2S. The van der Waals surface area contributed by atoms with Crippen molar-refractivity contribution in [1.29, 1.82) is 0 Å². The Balaban J connectivity index is 1.75. The second-order valence-corrected chi connectivity index (χ2v) is 5.75. The first-order valence-electron chi connectivity index (χ1n) is 6.73. The van der Waals surface area contributed by atoms with Crippen LogP contribution in [0.2, 0.25) is 0 Å². The average Bonchev–Trinajstić information content (AvgIpc) is 3.06. The number of benzene rings is 2. The van der Waals surface area contributed by atoms with Crippen molar-refractivity contribution in [3.05, 3.63) is 70.4 Å². The smallest absolute Gasteiger partial charge is 0.252 e. The highest BCUT2D eigenvalue weighted by Gasteiger charge is 2.13. The molecule has 0 saturated carbocycles. The van der Waals surface area contributed by atoms with Crippen LogP contribution in [0.4, 0.5) is 0 Å². The first-order valence-corrected chi connectivity index (χ1v) is 7.61. The van der Waals surface area contributed by atoms with E-state index in [1.807, 2.05) is 53.9 Å². The van der Waals surface area contributed by atoms with Crippen molar-refractivity contribution >= 4 is 28.0 Å². The molecule has 0 aliphatic carbocycles. The van der Waals surface area contributed by atoms with Crippen molar-refractivity contribution in [3.63, 3.8) is 0 Å². The van der Waals surface area contributed by atoms with Gasteiger partial charge in [-0.3, -0.25) is 4.79 Å². The van der Waals surface area contributed by atoms with Crippen LogP contribution < -0.4 is 5.32 Å². The molecule has 1 aromatic heterocycles. The molecule has 4 heteroatoms. The summed E-state index contributed by atoms with van der Waals surface area (Å²) in [6.45, 7) is 0.211. The van der Waals surface area contributed by atoms with E-state index in [0.717, 1.165) is 15.6 Å². The number of nitrogens with one attached hydrogen (secondary N) is 1. The van der Waals surface area contributed by atoms with Gasteiger partial charge >= 0.3 is 0 Å². The molecule has 0 aliphatic rings. The number of aliphatic hydroxyl groups is 1. The predicted octanol–water partition coefficient (Wildman–Crippen LogP) is 3.36. The number of thiophene rings is 1. The highest BCUT2D eigenvalue weighted by Crippen LogP contribution is 2.20. The molecule has 0 saturated heterocycles. The molecule has 2 N–H and O–H groups in total. The largest absolute Gasteiger partial charge is 0.386 e. The Bertz CT molecular complexity index is 747. The maximum Gasteiger partial charge on any atom is 0.252 e. The lowest BCUT2D eigenvalue weighted by Gasteiger charge is -2.11. The molecule has 3 rings (SSSR count). The lowest BCUT2D eigenvalue weighted by atomic mass is 10.0. The Hall–Kier alpha value is -2.17. The van der Waals surface area contributed by atoms with Gasteiger partial charge in [0.15, 0.2) is 0 Å². The van der Waals surface area contributed by atoms with Gasteiger partial charge in [0.05, 0.1) is 0 Å². The molecule has 0 aliphatic heterocycles. The standard InChI is InChI=1S/C17H15NO2S/c19-15(16-9-4-10-21-16)11-18-17(20)14-8-3-6-12-5-1-2-7-13(12)14/h1-10,15,19H,11H2,(H,18,20)/t15-/m0/s1. The second kappa shape index (κ2) is 6.08. The van der Waals surface area contributed by atoms with Gasteiger partial charge in [-0.1, -0.05) is 42.5 Å². The van der Waals surface area contributed by atoms with Crippen LogP contribution >= 0.6 is 11.3 Å². The summed E-state index contributed by atoms with van der Waals surface area (Å²) in [5, 5.41) is 16.7. The molecule has 3 aromatic rings. The highest BCUT2D eigenvalue weighted by molar-refractivity contribution is 7.10. The zero-order valence-electron chi connectivity index (χ0n) is 11.3. The fourth-order valence-corrected chi connectivity index (χ4v) is 3.00. The first kappa shape index (κ1) is 13.8. The van der Waals surface area contributed by atoms with Crippen molar-refractivity contribution in [3.8, 4) is 0 Å². The molecule has 3 nitrogen and oxygen atoms in total. The fraction of sp³-hybridized carbons (Fsp3) is 0.118. The molecule has 21 heavy (non-hydrogen) atoms. The summed E-state index contributed by atoms with van der Waals surface area (Å²) in [6, 6.07) is 17.2. The van der Waals surface area contributed by atoms with Gasteiger partial charge in [-0.2, -0.15) is 0 Å². The van der Waals surface area contributed by atoms with Gasteiger partial charge in [0.2, 0.25) is 0 Å². The number of aliphatic hydroxyl groups excluding tert-OH is 1. The number of rotatable bonds is 4. The third-order valence-corrected chi connectivity index (χ3v) is 4.34. The topological polar surface area (TPSA) is 49.3 Å². The van der Waals surface area contributed by atoms with Crippen LogP contribution in [0.15, 0.2) is 60.0 Å².